The molecule has 0 atom stereocenters. The maximum atomic E-state index is 12.8. The Balaban J connectivity index is 2.04. The molecule has 0 radical (unpaired) electrons. The van der Waals surface area contributed by atoms with E-state index in [0.29, 0.717) is 17.1 Å². The molecule has 28 heavy (non-hydrogen) atoms. The second-order valence-corrected chi connectivity index (χ2v) is 6.12. The van der Waals surface area contributed by atoms with Gasteiger partial charge in [-0.05, 0) is 48.0 Å². The predicted molar refractivity (Wildman–Crippen MR) is 102 cm³/mol. The minimum atomic E-state index is -0.886. The quantitative estimate of drug-likeness (QED) is 0.601. The first-order chi connectivity index (χ1) is 13.3. The van der Waals surface area contributed by atoms with E-state index < -0.39 is 17.8 Å². The number of phenols is 1. The first-order valence-corrected chi connectivity index (χ1v) is 8.35. The summed E-state index contributed by atoms with van der Waals surface area (Å²) < 4.78 is 10.4. The van der Waals surface area contributed by atoms with Crippen molar-refractivity contribution in [3.8, 4) is 17.2 Å². The fraction of sp³-hybridized carbons (Fsp3) is 0.105. The number of carbonyl (C=O) groups excluding carboxylic acids is 3. The van der Waals surface area contributed by atoms with Gasteiger partial charge in [0.1, 0.15) is 11.3 Å². The fourth-order valence-electron chi connectivity index (χ4n) is 2.68. The fourth-order valence-corrected chi connectivity index (χ4v) is 2.98. The molecule has 2 aromatic carbocycles. The number of halogens is 1. The Kier molecular flexibility index (Phi) is 5.23. The van der Waals surface area contributed by atoms with Crippen molar-refractivity contribution in [2.75, 3.05) is 19.1 Å². The summed E-state index contributed by atoms with van der Waals surface area (Å²) in [6.07, 6.45) is 1.30. The number of ether oxygens (including phenoxy) is 2. The highest BCUT2D eigenvalue weighted by molar-refractivity contribution is 6.39. The lowest BCUT2D eigenvalue weighted by Crippen LogP contribution is -2.54. The van der Waals surface area contributed by atoms with E-state index in [4.69, 9.17) is 21.1 Å². The maximum absolute atomic E-state index is 12.8. The van der Waals surface area contributed by atoms with E-state index in [1.165, 1.54) is 50.6 Å². The Hall–Kier alpha value is -3.52. The second kappa shape index (κ2) is 7.61. The molecule has 3 rings (SSSR count). The highest BCUT2D eigenvalue weighted by atomic mass is 35.5. The third-order valence-electron chi connectivity index (χ3n) is 3.98. The molecule has 0 aliphatic carbocycles. The minimum absolute atomic E-state index is 0.0274. The zero-order chi connectivity index (χ0) is 20.4. The maximum Gasteiger partial charge on any atom is 0.335 e. The number of rotatable bonds is 4. The van der Waals surface area contributed by atoms with Crippen molar-refractivity contribution in [1.82, 2.24) is 5.32 Å². The van der Waals surface area contributed by atoms with Crippen LogP contribution in [0.5, 0.6) is 17.2 Å². The lowest BCUT2D eigenvalue weighted by molar-refractivity contribution is -0.122. The lowest BCUT2D eigenvalue weighted by atomic mass is 10.1. The molecule has 1 fully saturated rings. The van der Waals surface area contributed by atoms with Gasteiger partial charge in [-0.3, -0.25) is 14.9 Å². The standard InChI is InChI=1S/C19H15ClN2O6/c1-27-15-9-10(8-14(20)16(15)28-2)7-13-17(24)21-19(26)22(18(13)25)11-3-5-12(23)6-4-11/h3-9,23H,1-2H3,(H,21,24,26)/b13-7+. The van der Waals surface area contributed by atoms with Crippen LogP contribution in [0.3, 0.4) is 0 Å². The Labute approximate surface area is 164 Å². The van der Waals surface area contributed by atoms with E-state index in [2.05, 4.69) is 5.32 Å². The number of amides is 4. The van der Waals surface area contributed by atoms with Crippen molar-refractivity contribution in [1.29, 1.82) is 0 Å². The van der Waals surface area contributed by atoms with Crippen LogP contribution in [0, 0.1) is 0 Å². The van der Waals surface area contributed by atoms with E-state index in [9.17, 15) is 19.5 Å². The number of nitrogens with zero attached hydrogens (tertiary/aromatic N) is 1. The third kappa shape index (κ3) is 3.49. The van der Waals surface area contributed by atoms with Crippen molar-refractivity contribution < 1.29 is 29.0 Å². The molecular formula is C19H15ClN2O6. The number of hydrogen-bond acceptors (Lipinski definition) is 6. The number of anilines is 1. The van der Waals surface area contributed by atoms with Crippen LogP contribution in [0.15, 0.2) is 42.0 Å². The van der Waals surface area contributed by atoms with Gasteiger partial charge >= 0.3 is 6.03 Å². The number of methoxy groups -OCH3 is 2. The van der Waals surface area contributed by atoms with Gasteiger partial charge < -0.3 is 14.6 Å². The van der Waals surface area contributed by atoms with Gasteiger partial charge in [0.25, 0.3) is 11.8 Å². The SMILES string of the molecule is COc1cc(/C=C2\C(=O)NC(=O)N(c3ccc(O)cc3)C2=O)cc(Cl)c1OC. The molecule has 2 aromatic rings. The van der Waals surface area contributed by atoms with Crippen LogP contribution in [-0.4, -0.2) is 37.2 Å². The molecule has 0 bridgehead atoms. The van der Waals surface area contributed by atoms with Crippen molar-refractivity contribution >= 4 is 41.2 Å². The minimum Gasteiger partial charge on any atom is -0.508 e. The van der Waals surface area contributed by atoms with Crippen LogP contribution in [0.2, 0.25) is 5.02 Å². The highest BCUT2D eigenvalue weighted by Gasteiger charge is 2.36. The summed E-state index contributed by atoms with van der Waals surface area (Å²) in [5.74, 6) is -1.05. The van der Waals surface area contributed by atoms with E-state index in [-0.39, 0.29) is 22.0 Å². The normalized spacial score (nSPS) is 15.6. The Bertz CT molecular complexity index is 1000. The second-order valence-electron chi connectivity index (χ2n) is 5.71. The molecule has 0 aromatic heterocycles. The monoisotopic (exact) mass is 402 g/mol. The van der Waals surface area contributed by atoms with Crippen LogP contribution in [0.25, 0.3) is 6.08 Å². The molecule has 144 valence electrons. The van der Waals surface area contributed by atoms with E-state index >= 15 is 0 Å². The molecule has 8 nitrogen and oxygen atoms in total. The van der Waals surface area contributed by atoms with Crippen LogP contribution < -0.4 is 19.7 Å². The number of hydrogen-bond donors (Lipinski definition) is 2. The number of benzene rings is 2. The molecule has 0 saturated carbocycles. The van der Waals surface area contributed by atoms with Gasteiger partial charge in [-0.1, -0.05) is 11.6 Å². The molecule has 0 unspecified atom stereocenters. The molecule has 1 saturated heterocycles. The molecule has 1 aliphatic rings. The molecule has 1 heterocycles. The number of barbiturate groups is 1. The summed E-state index contributed by atoms with van der Waals surface area (Å²) in [7, 11) is 2.86. The van der Waals surface area contributed by atoms with Gasteiger partial charge in [0.05, 0.1) is 24.9 Å². The largest absolute Gasteiger partial charge is 0.508 e. The number of nitrogens with one attached hydrogen (secondary N) is 1. The zero-order valence-corrected chi connectivity index (χ0v) is 15.6. The van der Waals surface area contributed by atoms with Gasteiger partial charge in [-0.25, -0.2) is 9.69 Å². The van der Waals surface area contributed by atoms with Crippen LogP contribution >= 0.6 is 11.6 Å². The summed E-state index contributed by atoms with van der Waals surface area (Å²) in [5, 5.41) is 11.7. The first kappa shape index (κ1) is 19.2. The zero-order valence-electron chi connectivity index (χ0n) is 14.9. The lowest BCUT2D eigenvalue weighted by Gasteiger charge is -2.26. The number of phenolic OH excluding ortho intramolecular Hbond substituents is 1. The predicted octanol–water partition coefficient (Wildman–Crippen LogP) is 2.73. The van der Waals surface area contributed by atoms with Crippen molar-refractivity contribution in [3.05, 3.63) is 52.6 Å². The van der Waals surface area contributed by atoms with Crippen molar-refractivity contribution in [3.63, 3.8) is 0 Å². The van der Waals surface area contributed by atoms with E-state index in [0.717, 1.165) is 4.90 Å². The number of carbonyl (C=O) groups is 3. The van der Waals surface area contributed by atoms with Gasteiger partial charge in [0, 0.05) is 0 Å². The van der Waals surface area contributed by atoms with Crippen molar-refractivity contribution in [2.45, 2.75) is 0 Å². The van der Waals surface area contributed by atoms with Crippen LogP contribution in [0.1, 0.15) is 5.56 Å². The van der Waals surface area contributed by atoms with Crippen LogP contribution in [-0.2, 0) is 9.59 Å². The van der Waals surface area contributed by atoms with E-state index in [1.807, 2.05) is 0 Å². The van der Waals surface area contributed by atoms with Gasteiger partial charge in [-0.15, -0.1) is 0 Å². The van der Waals surface area contributed by atoms with Gasteiger partial charge in [0.2, 0.25) is 0 Å². The Morgan fingerprint density at radius 3 is 2.36 bits per heavy atom. The van der Waals surface area contributed by atoms with Gasteiger partial charge in [-0.2, -0.15) is 0 Å². The number of imide groups is 2. The summed E-state index contributed by atoms with van der Waals surface area (Å²) in [5.41, 5.74) is 0.334. The first-order valence-electron chi connectivity index (χ1n) is 7.97. The summed E-state index contributed by atoms with van der Waals surface area (Å²) in [4.78, 5) is 38.0. The van der Waals surface area contributed by atoms with Gasteiger partial charge in [0.15, 0.2) is 11.5 Å². The molecule has 4 amide bonds. The highest BCUT2D eigenvalue weighted by Crippen LogP contribution is 2.37. The summed E-state index contributed by atoms with van der Waals surface area (Å²) in [6, 6.07) is 7.56. The Morgan fingerprint density at radius 2 is 1.75 bits per heavy atom. The number of urea groups is 1. The van der Waals surface area contributed by atoms with Crippen molar-refractivity contribution in [2.24, 2.45) is 0 Å². The molecular weight excluding hydrogens is 388 g/mol. The average Bonchev–Trinajstić information content (AvgIpc) is 2.66. The number of aromatic hydroxyl groups is 1. The van der Waals surface area contributed by atoms with Crippen LogP contribution in [0.4, 0.5) is 10.5 Å². The molecule has 1 aliphatic heterocycles. The molecule has 9 heteroatoms. The summed E-state index contributed by atoms with van der Waals surface area (Å²) in [6.45, 7) is 0. The third-order valence-corrected chi connectivity index (χ3v) is 4.26. The molecule has 2 N–H and O–H groups in total. The van der Waals surface area contributed by atoms with E-state index in [1.54, 1.807) is 6.07 Å². The summed E-state index contributed by atoms with van der Waals surface area (Å²) >= 11 is 6.16. The average molecular weight is 403 g/mol. The molecule has 0 spiro atoms. The Morgan fingerprint density at radius 1 is 1.07 bits per heavy atom. The smallest absolute Gasteiger partial charge is 0.335 e. The topological polar surface area (TPSA) is 105 Å².